The van der Waals surface area contributed by atoms with Gasteiger partial charge in [-0.05, 0) is 19.1 Å². The van der Waals surface area contributed by atoms with Gasteiger partial charge in [0.15, 0.2) is 5.69 Å². The third-order valence-electron chi connectivity index (χ3n) is 3.56. The molecule has 3 heterocycles. The predicted molar refractivity (Wildman–Crippen MR) is 77.1 cm³/mol. The number of ether oxygens (including phenoxy) is 1. The molecule has 21 heavy (non-hydrogen) atoms. The number of carbonyl (C=O) groups is 1. The molecule has 1 aliphatic rings. The summed E-state index contributed by atoms with van der Waals surface area (Å²) in [6.45, 7) is 3.82. The van der Waals surface area contributed by atoms with Crippen LogP contribution < -0.4 is 4.74 Å². The molecule has 0 bridgehead atoms. The van der Waals surface area contributed by atoms with Gasteiger partial charge in [-0.1, -0.05) is 6.07 Å². The fraction of sp³-hybridized carbons (Fsp3) is 0.400. The number of aromatic nitrogens is 3. The Morgan fingerprint density at radius 2 is 2.33 bits per heavy atom. The number of rotatable bonds is 3. The Bertz CT molecular complexity index is 651. The lowest BCUT2D eigenvalue weighted by Gasteiger charge is -2.15. The van der Waals surface area contributed by atoms with Gasteiger partial charge in [-0.2, -0.15) is 5.10 Å². The van der Waals surface area contributed by atoms with Gasteiger partial charge in [0.25, 0.3) is 5.91 Å². The Morgan fingerprint density at radius 3 is 3.05 bits per heavy atom. The molecule has 0 N–H and O–H groups in total. The number of hydrogen-bond donors (Lipinski definition) is 0. The predicted octanol–water partition coefficient (Wildman–Crippen LogP) is 1.64. The zero-order valence-electron chi connectivity index (χ0n) is 12.2. The minimum absolute atomic E-state index is 0.108. The van der Waals surface area contributed by atoms with Gasteiger partial charge >= 0.3 is 0 Å². The molecule has 0 atom stereocenters. The third-order valence-corrected chi connectivity index (χ3v) is 3.56. The van der Waals surface area contributed by atoms with Crippen LogP contribution in [-0.4, -0.2) is 39.2 Å². The molecule has 6 heteroatoms. The Kier molecular flexibility index (Phi) is 3.60. The quantitative estimate of drug-likeness (QED) is 0.860. The Hall–Kier alpha value is -2.37. The molecule has 1 amide bonds. The first kappa shape index (κ1) is 13.6. The largest absolute Gasteiger partial charge is 0.478 e. The summed E-state index contributed by atoms with van der Waals surface area (Å²) in [4.78, 5) is 18.4. The highest BCUT2D eigenvalue weighted by Crippen LogP contribution is 2.25. The molecule has 0 spiro atoms. The van der Waals surface area contributed by atoms with E-state index >= 15 is 0 Å². The van der Waals surface area contributed by atoms with Crippen molar-refractivity contribution in [2.24, 2.45) is 0 Å². The highest BCUT2D eigenvalue weighted by atomic mass is 16.5. The van der Waals surface area contributed by atoms with Gasteiger partial charge in [0.05, 0.1) is 18.8 Å². The molecule has 0 aromatic carbocycles. The number of carbonyl (C=O) groups excluding carboxylic acids is 1. The standard InChI is InChI=1S/C15H18N4O2/c1-11-13(17-19-8-5-9-21-15(11)19)14(20)18(2)10-12-6-3-4-7-16-12/h3-4,6-7H,5,8-10H2,1-2H3. The van der Waals surface area contributed by atoms with Crippen molar-refractivity contribution in [2.75, 3.05) is 13.7 Å². The van der Waals surface area contributed by atoms with Crippen LogP contribution in [0.2, 0.25) is 0 Å². The van der Waals surface area contributed by atoms with Crippen molar-refractivity contribution >= 4 is 5.91 Å². The lowest BCUT2D eigenvalue weighted by Crippen LogP contribution is -2.27. The molecule has 2 aromatic heterocycles. The van der Waals surface area contributed by atoms with E-state index in [0.717, 1.165) is 30.1 Å². The molecule has 0 fully saturated rings. The molecule has 0 saturated heterocycles. The van der Waals surface area contributed by atoms with E-state index in [4.69, 9.17) is 4.74 Å². The zero-order valence-corrected chi connectivity index (χ0v) is 12.2. The summed E-state index contributed by atoms with van der Waals surface area (Å²) in [5, 5.41) is 4.39. The van der Waals surface area contributed by atoms with Crippen LogP contribution in [-0.2, 0) is 13.1 Å². The van der Waals surface area contributed by atoms with Gasteiger partial charge in [-0.15, -0.1) is 0 Å². The molecule has 110 valence electrons. The molecule has 0 radical (unpaired) electrons. The van der Waals surface area contributed by atoms with E-state index in [1.807, 2.05) is 25.1 Å². The summed E-state index contributed by atoms with van der Waals surface area (Å²) >= 11 is 0. The second kappa shape index (κ2) is 5.55. The number of aryl methyl sites for hydroxylation is 1. The minimum Gasteiger partial charge on any atom is -0.478 e. The topological polar surface area (TPSA) is 60.2 Å². The van der Waals surface area contributed by atoms with Crippen LogP contribution in [0, 0.1) is 6.92 Å². The number of amides is 1. The molecule has 0 unspecified atom stereocenters. The van der Waals surface area contributed by atoms with E-state index in [2.05, 4.69) is 10.1 Å². The summed E-state index contributed by atoms with van der Waals surface area (Å²) in [7, 11) is 1.76. The second-order valence-corrected chi connectivity index (χ2v) is 5.19. The first-order chi connectivity index (χ1) is 10.2. The van der Waals surface area contributed by atoms with Crippen LogP contribution >= 0.6 is 0 Å². The van der Waals surface area contributed by atoms with Gasteiger partial charge in [-0.3, -0.25) is 9.78 Å². The van der Waals surface area contributed by atoms with E-state index in [-0.39, 0.29) is 5.91 Å². The maximum absolute atomic E-state index is 12.6. The Labute approximate surface area is 123 Å². The smallest absolute Gasteiger partial charge is 0.274 e. The SMILES string of the molecule is Cc1c(C(=O)N(C)Cc2ccccn2)nn2c1OCCC2. The van der Waals surface area contributed by atoms with E-state index in [1.54, 1.807) is 22.8 Å². The number of fused-ring (bicyclic) bond motifs is 1. The van der Waals surface area contributed by atoms with Gasteiger partial charge in [0.2, 0.25) is 5.88 Å². The second-order valence-electron chi connectivity index (χ2n) is 5.19. The average molecular weight is 286 g/mol. The van der Waals surface area contributed by atoms with Crippen LogP contribution in [0.3, 0.4) is 0 Å². The Morgan fingerprint density at radius 1 is 1.48 bits per heavy atom. The summed E-state index contributed by atoms with van der Waals surface area (Å²) in [5.41, 5.74) is 2.13. The van der Waals surface area contributed by atoms with Crippen molar-refractivity contribution in [3.05, 3.63) is 41.3 Å². The molecule has 2 aromatic rings. The first-order valence-corrected chi connectivity index (χ1v) is 7.02. The zero-order chi connectivity index (χ0) is 14.8. The van der Waals surface area contributed by atoms with Crippen molar-refractivity contribution in [2.45, 2.75) is 26.4 Å². The van der Waals surface area contributed by atoms with Gasteiger partial charge in [0.1, 0.15) is 0 Å². The normalized spacial score (nSPS) is 13.4. The van der Waals surface area contributed by atoms with Crippen molar-refractivity contribution < 1.29 is 9.53 Å². The summed E-state index contributed by atoms with van der Waals surface area (Å²) in [6.07, 6.45) is 2.65. The first-order valence-electron chi connectivity index (χ1n) is 7.02. The number of nitrogens with zero attached hydrogens (tertiary/aromatic N) is 4. The van der Waals surface area contributed by atoms with Crippen LogP contribution in [0.1, 0.15) is 28.2 Å². The highest BCUT2D eigenvalue weighted by molar-refractivity contribution is 5.94. The van der Waals surface area contributed by atoms with Crippen LogP contribution in [0.4, 0.5) is 0 Å². The molecular weight excluding hydrogens is 268 g/mol. The van der Waals surface area contributed by atoms with Gasteiger partial charge < -0.3 is 9.64 Å². The molecule has 1 aliphatic heterocycles. The third kappa shape index (κ3) is 2.61. The monoisotopic (exact) mass is 286 g/mol. The summed E-state index contributed by atoms with van der Waals surface area (Å²) < 4.78 is 7.38. The number of hydrogen-bond acceptors (Lipinski definition) is 4. The van der Waals surface area contributed by atoms with Crippen molar-refractivity contribution in [3.63, 3.8) is 0 Å². The molecular formula is C15H18N4O2. The average Bonchev–Trinajstić information content (AvgIpc) is 2.85. The van der Waals surface area contributed by atoms with E-state index in [1.165, 1.54) is 0 Å². The van der Waals surface area contributed by atoms with E-state index in [9.17, 15) is 4.79 Å². The van der Waals surface area contributed by atoms with Crippen LogP contribution in [0.15, 0.2) is 24.4 Å². The molecule has 3 rings (SSSR count). The fourth-order valence-corrected chi connectivity index (χ4v) is 2.44. The van der Waals surface area contributed by atoms with E-state index in [0.29, 0.717) is 18.8 Å². The van der Waals surface area contributed by atoms with Crippen LogP contribution in [0.25, 0.3) is 0 Å². The number of pyridine rings is 1. The van der Waals surface area contributed by atoms with Gasteiger partial charge in [-0.25, -0.2) is 4.68 Å². The lowest BCUT2D eigenvalue weighted by atomic mass is 10.2. The molecule has 0 saturated carbocycles. The maximum atomic E-state index is 12.6. The molecule has 6 nitrogen and oxygen atoms in total. The minimum atomic E-state index is -0.108. The van der Waals surface area contributed by atoms with Crippen molar-refractivity contribution in [3.8, 4) is 5.88 Å². The maximum Gasteiger partial charge on any atom is 0.274 e. The Balaban J connectivity index is 1.80. The summed E-state index contributed by atoms with van der Waals surface area (Å²) in [5.74, 6) is 0.611. The van der Waals surface area contributed by atoms with Gasteiger partial charge in [0, 0.05) is 31.8 Å². The van der Waals surface area contributed by atoms with Crippen molar-refractivity contribution in [1.82, 2.24) is 19.7 Å². The lowest BCUT2D eigenvalue weighted by molar-refractivity contribution is 0.0776. The van der Waals surface area contributed by atoms with Crippen molar-refractivity contribution in [1.29, 1.82) is 0 Å². The summed E-state index contributed by atoms with van der Waals surface area (Å²) in [6, 6.07) is 5.67. The highest BCUT2D eigenvalue weighted by Gasteiger charge is 2.25. The van der Waals surface area contributed by atoms with Crippen LogP contribution in [0.5, 0.6) is 5.88 Å². The van der Waals surface area contributed by atoms with E-state index < -0.39 is 0 Å². The fourth-order valence-electron chi connectivity index (χ4n) is 2.44. The molecule has 0 aliphatic carbocycles.